The Morgan fingerprint density at radius 2 is 2.14 bits per heavy atom. The molecule has 1 heterocycles. The van der Waals surface area contributed by atoms with E-state index in [4.69, 9.17) is 16.3 Å². The second kappa shape index (κ2) is 6.35. The first kappa shape index (κ1) is 14.2. The van der Waals surface area contributed by atoms with Crippen LogP contribution in [0, 0.1) is 0 Å². The lowest BCUT2D eigenvalue weighted by Crippen LogP contribution is -2.18. The standard InChI is InChI=1S/C17H19ClN2O/c1-2-10-21-15-8-5-9-19-17(15)20-16-13-7-4-3-6-12(13)11-14(16)18/h3-9,14,16H,2,10-11H2,1H3,(H,19,20). The zero-order valence-corrected chi connectivity index (χ0v) is 12.8. The van der Waals surface area contributed by atoms with E-state index < -0.39 is 0 Å². The number of anilines is 1. The fraction of sp³-hybridized carbons (Fsp3) is 0.353. The molecule has 2 unspecified atom stereocenters. The molecule has 1 aliphatic carbocycles. The topological polar surface area (TPSA) is 34.1 Å². The number of alkyl halides is 1. The molecule has 0 fully saturated rings. The highest BCUT2D eigenvalue weighted by molar-refractivity contribution is 6.21. The van der Waals surface area contributed by atoms with Gasteiger partial charge in [-0.05, 0) is 36.1 Å². The van der Waals surface area contributed by atoms with E-state index in [-0.39, 0.29) is 11.4 Å². The molecule has 110 valence electrons. The number of fused-ring (bicyclic) bond motifs is 1. The second-order valence-corrected chi connectivity index (χ2v) is 5.80. The van der Waals surface area contributed by atoms with Crippen LogP contribution in [0.5, 0.6) is 5.75 Å². The van der Waals surface area contributed by atoms with Gasteiger partial charge < -0.3 is 10.1 Å². The molecule has 0 saturated heterocycles. The van der Waals surface area contributed by atoms with E-state index in [9.17, 15) is 0 Å². The van der Waals surface area contributed by atoms with E-state index in [1.165, 1.54) is 11.1 Å². The predicted octanol–water partition coefficient (Wildman–Crippen LogP) is 4.19. The highest BCUT2D eigenvalue weighted by Crippen LogP contribution is 2.38. The Hall–Kier alpha value is -1.74. The van der Waals surface area contributed by atoms with Crippen LogP contribution in [0.1, 0.15) is 30.5 Å². The molecule has 0 spiro atoms. The molecule has 2 aromatic rings. The van der Waals surface area contributed by atoms with Gasteiger partial charge in [0.1, 0.15) is 0 Å². The van der Waals surface area contributed by atoms with Crippen LogP contribution in [0.3, 0.4) is 0 Å². The molecule has 21 heavy (non-hydrogen) atoms. The van der Waals surface area contributed by atoms with Crippen molar-refractivity contribution in [3.63, 3.8) is 0 Å². The molecule has 0 radical (unpaired) electrons. The summed E-state index contributed by atoms with van der Waals surface area (Å²) in [5, 5.41) is 3.49. The van der Waals surface area contributed by atoms with Crippen LogP contribution in [0.4, 0.5) is 5.82 Å². The summed E-state index contributed by atoms with van der Waals surface area (Å²) >= 11 is 6.52. The van der Waals surface area contributed by atoms with Crippen molar-refractivity contribution >= 4 is 17.4 Å². The van der Waals surface area contributed by atoms with Gasteiger partial charge in [0.2, 0.25) is 0 Å². The Balaban J connectivity index is 1.84. The summed E-state index contributed by atoms with van der Waals surface area (Å²) in [4.78, 5) is 4.41. The predicted molar refractivity (Wildman–Crippen MR) is 86.2 cm³/mol. The maximum Gasteiger partial charge on any atom is 0.169 e. The van der Waals surface area contributed by atoms with E-state index in [2.05, 4.69) is 41.5 Å². The van der Waals surface area contributed by atoms with Crippen molar-refractivity contribution in [2.24, 2.45) is 0 Å². The number of nitrogens with zero attached hydrogens (tertiary/aromatic N) is 1. The third-order valence-corrected chi connectivity index (χ3v) is 4.10. The molecule has 0 amide bonds. The first-order chi connectivity index (χ1) is 10.3. The molecular weight excluding hydrogens is 284 g/mol. The minimum atomic E-state index is 0.0310. The number of nitrogens with one attached hydrogen (secondary N) is 1. The van der Waals surface area contributed by atoms with Crippen LogP contribution in [0.15, 0.2) is 42.6 Å². The summed E-state index contributed by atoms with van der Waals surface area (Å²) in [5.74, 6) is 1.55. The first-order valence-corrected chi connectivity index (χ1v) is 7.79. The first-order valence-electron chi connectivity index (χ1n) is 7.36. The zero-order chi connectivity index (χ0) is 14.7. The minimum absolute atomic E-state index is 0.0310. The minimum Gasteiger partial charge on any atom is -0.490 e. The Morgan fingerprint density at radius 3 is 3.00 bits per heavy atom. The molecule has 2 atom stereocenters. The molecule has 0 aliphatic heterocycles. The van der Waals surface area contributed by atoms with E-state index in [1.807, 2.05) is 12.1 Å². The van der Waals surface area contributed by atoms with Crippen LogP contribution in [-0.2, 0) is 6.42 Å². The number of halogens is 1. The molecule has 3 rings (SSSR count). The van der Waals surface area contributed by atoms with Gasteiger partial charge in [0.05, 0.1) is 18.0 Å². The Kier molecular flexibility index (Phi) is 4.30. The molecule has 3 nitrogen and oxygen atoms in total. The third kappa shape index (κ3) is 2.98. The van der Waals surface area contributed by atoms with Gasteiger partial charge in [0.15, 0.2) is 11.6 Å². The van der Waals surface area contributed by atoms with Crippen molar-refractivity contribution < 1.29 is 4.74 Å². The maximum absolute atomic E-state index is 6.52. The van der Waals surface area contributed by atoms with Crippen LogP contribution in [-0.4, -0.2) is 17.0 Å². The van der Waals surface area contributed by atoms with Crippen molar-refractivity contribution in [1.29, 1.82) is 0 Å². The van der Waals surface area contributed by atoms with Gasteiger partial charge in [0.25, 0.3) is 0 Å². The Labute approximate surface area is 130 Å². The number of hydrogen-bond donors (Lipinski definition) is 1. The molecule has 0 saturated carbocycles. The average molecular weight is 303 g/mol. The fourth-order valence-electron chi connectivity index (χ4n) is 2.69. The third-order valence-electron chi connectivity index (χ3n) is 3.69. The summed E-state index contributed by atoms with van der Waals surface area (Å²) < 4.78 is 5.75. The number of pyridine rings is 1. The normalized spacial score (nSPS) is 20.1. The summed E-state index contributed by atoms with van der Waals surface area (Å²) in [6.07, 6.45) is 3.62. The fourth-order valence-corrected chi connectivity index (χ4v) is 3.05. The van der Waals surface area contributed by atoms with E-state index in [1.54, 1.807) is 6.20 Å². The lowest BCUT2D eigenvalue weighted by Gasteiger charge is -2.20. The molecule has 0 bridgehead atoms. The van der Waals surface area contributed by atoms with Gasteiger partial charge in [-0.15, -0.1) is 11.6 Å². The Morgan fingerprint density at radius 1 is 1.29 bits per heavy atom. The average Bonchev–Trinajstić information content (AvgIpc) is 2.82. The second-order valence-electron chi connectivity index (χ2n) is 5.24. The lowest BCUT2D eigenvalue weighted by atomic mass is 10.1. The highest BCUT2D eigenvalue weighted by Gasteiger charge is 2.31. The molecule has 1 aliphatic rings. The molecule has 4 heteroatoms. The molecule has 1 aromatic carbocycles. The quantitative estimate of drug-likeness (QED) is 0.841. The van der Waals surface area contributed by atoms with Crippen molar-refractivity contribution in [1.82, 2.24) is 4.98 Å². The molecule has 1 N–H and O–H groups in total. The van der Waals surface area contributed by atoms with Crippen LogP contribution >= 0.6 is 11.6 Å². The van der Waals surface area contributed by atoms with Gasteiger partial charge in [-0.1, -0.05) is 31.2 Å². The highest BCUT2D eigenvalue weighted by atomic mass is 35.5. The van der Waals surface area contributed by atoms with Gasteiger partial charge >= 0.3 is 0 Å². The number of ether oxygens (including phenoxy) is 1. The van der Waals surface area contributed by atoms with Crippen LogP contribution in [0.25, 0.3) is 0 Å². The van der Waals surface area contributed by atoms with Crippen molar-refractivity contribution in [3.05, 3.63) is 53.7 Å². The lowest BCUT2D eigenvalue weighted by molar-refractivity contribution is 0.317. The number of aromatic nitrogens is 1. The smallest absolute Gasteiger partial charge is 0.169 e. The SMILES string of the molecule is CCCOc1cccnc1NC1c2ccccc2CC1Cl. The van der Waals surface area contributed by atoms with E-state index in [0.29, 0.717) is 6.61 Å². The van der Waals surface area contributed by atoms with Gasteiger partial charge in [0, 0.05) is 6.20 Å². The van der Waals surface area contributed by atoms with Crippen molar-refractivity contribution in [2.45, 2.75) is 31.2 Å². The summed E-state index contributed by atoms with van der Waals surface area (Å²) in [7, 11) is 0. The Bertz CT molecular complexity index is 617. The van der Waals surface area contributed by atoms with E-state index >= 15 is 0 Å². The van der Waals surface area contributed by atoms with Crippen molar-refractivity contribution in [2.75, 3.05) is 11.9 Å². The zero-order valence-electron chi connectivity index (χ0n) is 12.1. The van der Waals surface area contributed by atoms with Gasteiger partial charge in [-0.3, -0.25) is 0 Å². The summed E-state index contributed by atoms with van der Waals surface area (Å²) in [6.45, 7) is 2.78. The van der Waals surface area contributed by atoms with Crippen molar-refractivity contribution in [3.8, 4) is 5.75 Å². The number of hydrogen-bond acceptors (Lipinski definition) is 3. The molecular formula is C17H19ClN2O. The van der Waals surface area contributed by atoms with Crippen LogP contribution in [0.2, 0.25) is 0 Å². The van der Waals surface area contributed by atoms with Gasteiger partial charge in [-0.2, -0.15) is 0 Å². The van der Waals surface area contributed by atoms with E-state index in [0.717, 1.165) is 24.4 Å². The summed E-state index contributed by atoms with van der Waals surface area (Å²) in [5.41, 5.74) is 2.56. The number of benzene rings is 1. The number of rotatable bonds is 5. The van der Waals surface area contributed by atoms with Crippen LogP contribution < -0.4 is 10.1 Å². The largest absolute Gasteiger partial charge is 0.490 e. The van der Waals surface area contributed by atoms with Gasteiger partial charge in [-0.25, -0.2) is 4.98 Å². The molecule has 1 aromatic heterocycles. The summed E-state index contributed by atoms with van der Waals surface area (Å²) in [6, 6.07) is 12.3. The monoisotopic (exact) mass is 302 g/mol. The maximum atomic E-state index is 6.52.